The number of carbonyl (C=O) groups excluding carboxylic acids is 1. The van der Waals surface area contributed by atoms with Crippen LogP contribution in [0.4, 0.5) is 8.78 Å². The van der Waals surface area contributed by atoms with Crippen LogP contribution in [0.2, 0.25) is 0 Å². The Labute approximate surface area is 148 Å². The van der Waals surface area contributed by atoms with Gasteiger partial charge in [-0.2, -0.15) is 5.10 Å². The number of halogens is 2. The molecule has 8 heteroatoms. The second-order valence-electron chi connectivity index (χ2n) is 7.06. The zero-order chi connectivity index (χ0) is 18.0. The lowest BCUT2D eigenvalue weighted by molar-refractivity contribution is 0.0467. The molecule has 1 saturated carbocycles. The number of fused-ring (bicyclic) bond motifs is 2. The summed E-state index contributed by atoms with van der Waals surface area (Å²) < 4.78 is 40.7. The van der Waals surface area contributed by atoms with Crippen molar-refractivity contribution in [2.75, 3.05) is 13.1 Å². The molecule has 2 aliphatic heterocycles. The topological polar surface area (TPSA) is 56.6 Å². The van der Waals surface area contributed by atoms with E-state index in [1.54, 1.807) is 9.58 Å². The van der Waals surface area contributed by atoms with Gasteiger partial charge in [-0.05, 0) is 31.0 Å². The van der Waals surface area contributed by atoms with E-state index < -0.39 is 23.8 Å². The first kappa shape index (κ1) is 15.6. The average Bonchev–Trinajstić information content (AvgIpc) is 3.26. The van der Waals surface area contributed by atoms with Gasteiger partial charge < -0.3 is 14.4 Å². The minimum Gasteiger partial charge on any atom is -0.478 e. The summed E-state index contributed by atoms with van der Waals surface area (Å²) in [5, 5.41) is 4.33. The van der Waals surface area contributed by atoms with Crippen LogP contribution in [-0.4, -0.2) is 45.9 Å². The van der Waals surface area contributed by atoms with Gasteiger partial charge in [0.15, 0.2) is 29.5 Å². The molecule has 1 aromatic carbocycles. The second kappa shape index (κ2) is 5.43. The van der Waals surface area contributed by atoms with Gasteiger partial charge >= 0.3 is 0 Å². The lowest BCUT2D eigenvalue weighted by Crippen LogP contribution is -2.39. The zero-order valence-electron chi connectivity index (χ0n) is 14.1. The van der Waals surface area contributed by atoms with E-state index in [-0.39, 0.29) is 30.5 Å². The number of carbonyl (C=O) groups is 1. The molecule has 0 unspecified atom stereocenters. The molecule has 0 spiro atoms. The summed E-state index contributed by atoms with van der Waals surface area (Å²) in [6, 6.07) is 3.84. The molecule has 6 nitrogen and oxygen atoms in total. The van der Waals surface area contributed by atoms with E-state index in [0.29, 0.717) is 11.6 Å². The van der Waals surface area contributed by atoms with Gasteiger partial charge in [-0.25, -0.2) is 8.78 Å². The van der Waals surface area contributed by atoms with E-state index in [1.807, 2.05) is 13.1 Å². The molecule has 5 rings (SSSR count). The van der Waals surface area contributed by atoms with Crippen molar-refractivity contribution in [1.29, 1.82) is 0 Å². The van der Waals surface area contributed by atoms with Crippen LogP contribution >= 0.6 is 0 Å². The van der Waals surface area contributed by atoms with Crippen molar-refractivity contribution < 1.29 is 23.0 Å². The van der Waals surface area contributed by atoms with Crippen molar-refractivity contribution >= 4 is 5.91 Å². The Hall–Kier alpha value is -2.64. The summed E-state index contributed by atoms with van der Waals surface area (Å²) in [7, 11) is 1.84. The Morgan fingerprint density at radius 2 is 1.69 bits per heavy atom. The van der Waals surface area contributed by atoms with Gasteiger partial charge in [0.25, 0.3) is 5.91 Å². The Bertz CT molecular complexity index is 870. The molecule has 0 N–H and O–H groups in total. The van der Waals surface area contributed by atoms with Crippen LogP contribution in [0.1, 0.15) is 34.9 Å². The summed E-state index contributed by atoms with van der Waals surface area (Å²) in [4.78, 5) is 14.4. The number of nitrogens with zero attached hydrogens (tertiary/aromatic N) is 3. The molecular weight excluding hydrogens is 344 g/mol. The largest absolute Gasteiger partial charge is 0.478 e. The highest BCUT2D eigenvalue weighted by atomic mass is 19.1. The van der Waals surface area contributed by atoms with Crippen LogP contribution in [0, 0.1) is 11.6 Å². The van der Waals surface area contributed by atoms with Gasteiger partial charge in [0.2, 0.25) is 11.5 Å². The first-order chi connectivity index (χ1) is 12.5. The first-order valence-electron chi connectivity index (χ1n) is 8.66. The molecule has 136 valence electrons. The van der Waals surface area contributed by atoms with E-state index in [0.717, 1.165) is 30.7 Å². The molecule has 1 aromatic heterocycles. The highest BCUT2D eigenvalue weighted by molar-refractivity contribution is 5.92. The predicted octanol–water partition coefficient (Wildman–Crippen LogP) is 2.24. The zero-order valence-corrected chi connectivity index (χ0v) is 14.1. The number of amides is 1. The monoisotopic (exact) mass is 361 g/mol. The Morgan fingerprint density at radius 1 is 1.12 bits per heavy atom. The van der Waals surface area contributed by atoms with Crippen molar-refractivity contribution in [2.45, 2.75) is 31.0 Å². The third-order valence-electron chi connectivity index (χ3n) is 5.19. The van der Waals surface area contributed by atoms with Crippen molar-refractivity contribution in [3.05, 3.63) is 41.2 Å². The Kier molecular flexibility index (Phi) is 3.26. The molecule has 0 radical (unpaired) electrons. The molecule has 2 fully saturated rings. The number of likely N-dealkylation sites (tertiary alicyclic amines) is 1. The van der Waals surface area contributed by atoms with Crippen LogP contribution < -0.4 is 9.47 Å². The molecule has 1 saturated heterocycles. The quantitative estimate of drug-likeness (QED) is 0.823. The number of aryl methyl sites for hydroxylation is 1. The number of rotatable bonds is 2. The first-order valence-corrected chi connectivity index (χ1v) is 8.66. The fraction of sp³-hybridized carbons (Fsp3) is 0.444. The van der Waals surface area contributed by atoms with E-state index in [1.165, 1.54) is 0 Å². The maximum absolute atomic E-state index is 13.9. The molecule has 3 aliphatic rings. The maximum atomic E-state index is 13.9. The number of hydrogen-bond donors (Lipinski definition) is 0. The van der Waals surface area contributed by atoms with Crippen LogP contribution in [0.15, 0.2) is 18.2 Å². The van der Waals surface area contributed by atoms with Gasteiger partial charge in [-0.15, -0.1) is 0 Å². The van der Waals surface area contributed by atoms with Crippen LogP contribution in [0.3, 0.4) is 0 Å². The smallest absolute Gasteiger partial charge is 0.274 e. The fourth-order valence-corrected chi connectivity index (χ4v) is 3.68. The van der Waals surface area contributed by atoms with Gasteiger partial charge in [0.1, 0.15) is 0 Å². The van der Waals surface area contributed by atoms with Crippen LogP contribution in [0.25, 0.3) is 0 Å². The standard InChI is InChI=1S/C18H17F2N3O3/c1-22-13(9-2-3-9)6-12(21-22)18(24)23-7-14-15(8-23)26-17-11(20)5-4-10(19)16(17)25-14/h4-6,9,14-15H,2-3,7-8H2,1H3/t14-,15+. The maximum Gasteiger partial charge on any atom is 0.274 e. The lowest BCUT2D eigenvalue weighted by Gasteiger charge is -2.28. The third kappa shape index (κ3) is 2.35. The molecular formula is C18H17F2N3O3. The lowest BCUT2D eigenvalue weighted by atomic mass is 10.2. The van der Waals surface area contributed by atoms with Gasteiger partial charge in [0.05, 0.1) is 13.1 Å². The van der Waals surface area contributed by atoms with Crippen molar-refractivity contribution in [2.24, 2.45) is 7.05 Å². The van der Waals surface area contributed by atoms with Crippen molar-refractivity contribution in [3.8, 4) is 11.5 Å². The second-order valence-corrected chi connectivity index (χ2v) is 7.06. The number of ether oxygens (including phenoxy) is 2. The van der Waals surface area contributed by atoms with Gasteiger partial charge in [-0.1, -0.05) is 0 Å². The van der Waals surface area contributed by atoms with Gasteiger partial charge in [-0.3, -0.25) is 9.48 Å². The highest BCUT2D eigenvalue weighted by Gasteiger charge is 2.44. The minimum atomic E-state index is -0.677. The normalized spacial score (nSPS) is 23.9. The van der Waals surface area contributed by atoms with Crippen molar-refractivity contribution in [3.63, 3.8) is 0 Å². The molecule has 1 aliphatic carbocycles. The highest BCUT2D eigenvalue weighted by Crippen LogP contribution is 2.41. The fourth-order valence-electron chi connectivity index (χ4n) is 3.68. The summed E-state index contributed by atoms with van der Waals surface area (Å²) in [6.07, 6.45) is 1.18. The summed E-state index contributed by atoms with van der Waals surface area (Å²) in [6.45, 7) is 0.489. The van der Waals surface area contributed by atoms with E-state index in [4.69, 9.17) is 9.47 Å². The molecule has 2 aromatic rings. The summed E-state index contributed by atoms with van der Waals surface area (Å²) in [5.41, 5.74) is 1.44. The summed E-state index contributed by atoms with van der Waals surface area (Å²) in [5.74, 6) is -1.54. The summed E-state index contributed by atoms with van der Waals surface area (Å²) >= 11 is 0. The number of benzene rings is 1. The Balaban J connectivity index is 1.37. The SMILES string of the molecule is Cn1nc(C(=O)N2C[C@@H]3Oc4c(F)ccc(F)c4O[C@@H]3C2)cc1C1CC1. The van der Waals surface area contributed by atoms with Crippen LogP contribution in [0.5, 0.6) is 11.5 Å². The number of hydrogen-bond acceptors (Lipinski definition) is 4. The molecule has 0 bridgehead atoms. The van der Waals surface area contributed by atoms with Crippen molar-refractivity contribution in [1.82, 2.24) is 14.7 Å². The van der Waals surface area contributed by atoms with E-state index in [9.17, 15) is 13.6 Å². The molecule has 26 heavy (non-hydrogen) atoms. The molecule has 2 atom stereocenters. The van der Waals surface area contributed by atoms with E-state index >= 15 is 0 Å². The average molecular weight is 361 g/mol. The predicted molar refractivity (Wildman–Crippen MR) is 86.3 cm³/mol. The van der Waals surface area contributed by atoms with E-state index in [2.05, 4.69) is 5.10 Å². The molecule has 3 heterocycles. The third-order valence-corrected chi connectivity index (χ3v) is 5.19. The van der Waals surface area contributed by atoms with Crippen LogP contribution in [-0.2, 0) is 7.05 Å². The number of aromatic nitrogens is 2. The minimum absolute atomic E-state index is 0.223. The van der Waals surface area contributed by atoms with Gasteiger partial charge in [0, 0.05) is 18.7 Å². The Morgan fingerprint density at radius 3 is 2.23 bits per heavy atom. The molecule has 1 amide bonds.